The number of carboxylic acids is 1. The number of nitrogens with one attached hydrogen (secondary N) is 2. The van der Waals surface area contributed by atoms with Gasteiger partial charge in [0.15, 0.2) is 0 Å². The summed E-state index contributed by atoms with van der Waals surface area (Å²) in [6, 6.07) is 13.1. The minimum Gasteiger partial charge on any atom is -0.477 e. The zero-order valence-corrected chi connectivity index (χ0v) is 18.8. The van der Waals surface area contributed by atoms with E-state index in [-0.39, 0.29) is 30.3 Å². The molecule has 0 aliphatic rings. The van der Waals surface area contributed by atoms with Crippen molar-refractivity contribution >= 4 is 40.0 Å². The van der Waals surface area contributed by atoms with Crippen molar-refractivity contribution in [1.29, 1.82) is 5.41 Å². The monoisotopic (exact) mass is 475 g/mol. The van der Waals surface area contributed by atoms with E-state index in [9.17, 15) is 19.5 Å². The number of amidine groups is 1. The molecular weight excluding hydrogens is 454 g/mol. The number of nitrogens with two attached hydrogens (primary N) is 1. The quantitative estimate of drug-likeness (QED) is 0.227. The summed E-state index contributed by atoms with van der Waals surface area (Å²) in [6.45, 7) is 0.414. The number of para-hydroxylation sites is 1. The van der Waals surface area contributed by atoms with Crippen LogP contribution in [0.1, 0.15) is 37.0 Å². The Labute approximate surface area is 198 Å². The highest BCUT2D eigenvalue weighted by Gasteiger charge is 2.22. The molecule has 10 heteroatoms. The maximum absolute atomic E-state index is 13.0. The van der Waals surface area contributed by atoms with Gasteiger partial charge in [0, 0.05) is 46.7 Å². The Hall–Kier alpha value is -4.31. The molecule has 2 heterocycles. The summed E-state index contributed by atoms with van der Waals surface area (Å²) in [6.07, 6.45) is 1.80. The van der Waals surface area contributed by atoms with E-state index in [0.29, 0.717) is 34.3 Å². The van der Waals surface area contributed by atoms with Gasteiger partial charge >= 0.3 is 5.97 Å². The molecule has 0 fully saturated rings. The molecule has 172 valence electrons. The van der Waals surface area contributed by atoms with Gasteiger partial charge < -0.3 is 20.7 Å². The van der Waals surface area contributed by atoms with E-state index < -0.39 is 11.4 Å². The summed E-state index contributed by atoms with van der Waals surface area (Å²) in [7, 11) is 0. The molecule has 34 heavy (non-hydrogen) atoms. The predicted octanol–water partition coefficient (Wildman–Crippen LogP) is 2.46. The van der Waals surface area contributed by atoms with Crippen LogP contribution < -0.4 is 16.5 Å². The van der Waals surface area contributed by atoms with Gasteiger partial charge in [-0.1, -0.05) is 24.3 Å². The van der Waals surface area contributed by atoms with Crippen molar-refractivity contribution in [2.24, 2.45) is 5.73 Å². The zero-order chi connectivity index (χ0) is 24.2. The van der Waals surface area contributed by atoms with Crippen LogP contribution in [0.4, 0.5) is 0 Å². The second-order valence-corrected chi connectivity index (χ2v) is 8.46. The van der Waals surface area contributed by atoms with Crippen LogP contribution in [0.2, 0.25) is 0 Å². The molecule has 0 aliphatic carbocycles. The fraction of sp³-hybridized carbons (Fsp3) is 0.125. The minimum atomic E-state index is -1.32. The third-order valence-corrected chi connectivity index (χ3v) is 6.14. The van der Waals surface area contributed by atoms with E-state index in [1.807, 2.05) is 5.38 Å². The highest BCUT2D eigenvalue weighted by molar-refractivity contribution is 7.09. The van der Waals surface area contributed by atoms with Crippen molar-refractivity contribution in [2.75, 3.05) is 6.54 Å². The van der Waals surface area contributed by atoms with Crippen molar-refractivity contribution in [3.05, 3.63) is 97.7 Å². The van der Waals surface area contributed by atoms with E-state index in [1.165, 1.54) is 11.3 Å². The summed E-state index contributed by atoms with van der Waals surface area (Å²) >= 11 is 1.43. The SMILES string of the molecule is N=C(N)c1ccc(C(=O)NCCc2c(C(=O)O)c(=O)c3ccccc3n2Cc2nccs2)cc1. The molecule has 2 aromatic heterocycles. The molecule has 0 bridgehead atoms. The van der Waals surface area contributed by atoms with Crippen molar-refractivity contribution in [3.63, 3.8) is 0 Å². The summed E-state index contributed by atoms with van der Waals surface area (Å²) < 4.78 is 1.78. The zero-order valence-electron chi connectivity index (χ0n) is 17.9. The van der Waals surface area contributed by atoms with Crippen LogP contribution in [0.25, 0.3) is 10.9 Å². The number of nitrogens with zero attached hydrogens (tertiary/aromatic N) is 2. The number of carboxylic acid groups (broad SMARTS) is 1. The normalized spacial score (nSPS) is 10.8. The number of hydrogen-bond donors (Lipinski definition) is 4. The van der Waals surface area contributed by atoms with Crippen LogP contribution in [0.3, 0.4) is 0 Å². The number of aromatic carboxylic acids is 1. The fourth-order valence-corrected chi connectivity index (χ4v) is 4.38. The van der Waals surface area contributed by atoms with Gasteiger partial charge in [-0.2, -0.15) is 0 Å². The number of nitrogen functional groups attached to an aromatic ring is 1. The highest BCUT2D eigenvalue weighted by atomic mass is 32.1. The lowest BCUT2D eigenvalue weighted by molar-refractivity contribution is 0.0693. The number of carbonyl (C=O) groups is 2. The number of pyridine rings is 1. The van der Waals surface area contributed by atoms with Gasteiger partial charge in [-0.15, -0.1) is 11.3 Å². The van der Waals surface area contributed by atoms with Crippen LogP contribution in [0.5, 0.6) is 0 Å². The molecule has 0 spiro atoms. The lowest BCUT2D eigenvalue weighted by Crippen LogP contribution is -2.30. The third-order valence-electron chi connectivity index (χ3n) is 5.38. The molecule has 0 aliphatic heterocycles. The average molecular weight is 476 g/mol. The minimum absolute atomic E-state index is 0.0948. The second kappa shape index (κ2) is 9.67. The maximum atomic E-state index is 13.0. The first-order valence-corrected chi connectivity index (χ1v) is 11.2. The Morgan fingerprint density at radius 2 is 1.82 bits per heavy atom. The lowest BCUT2D eigenvalue weighted by Gasteiger charge is -2.19. The van der Waals surface area contributed by atoms with E-state index in [2.05, 4.69) is 10.3 Å². The number of rotatable bonds is 8. The topological polar surface area (TPSA) is 151 Å². The molecule has 1 amide bonds. The Morgan fingerprint density at radius 1 is 1.12 bits per heavy atom. The molecule has 0 atom stereocenters. The van der Waals surface area contributed by atoms with Crippen LogP contribution in [-0.4, -0.2) is 38.9 Å². The van der Waals surface area contributed by atoms with Gasteiger partial charge in [0.05, 0.1) is 12.1 Å². The standard InChI is InChI=1S/C24H21N5O4S/c25-22(26)14-5-7-15(8-6-14)23(31)28-10-9-18-20(24(32)33)21(30)16-3-1-2-4-17(16)29(18)13-19-27-11-12-34-19/h1-8,11-12H,9-10,13H2,(H3,25,26)(H,28,31)(H,32,33). The van der Waals surface area contributed by atoms with Gasteiger partial charge in [0.2, 0.25) is 5.43 Å². The van der Waals surface area contributed by atoms with Crippen LogP contribution >= 0.6 is 11.3 Å². The number of hydrogen-bond acceptors (Lipinski definition) is 6. The lowest BCUT2D eigenvalue weighted by atomic mass is 10.0. The van der Waals surface area contributed by atoms with E-state index >= 15 is 0 Å². The average Bonchev–Trinajstić information content (AvgIpc) is 3.34. The maximum Gasteiger partial charge on any atom is 0.341 e. The molecule has 9 nitrogen and oxygen atoms in total. The Balaban J connectivity index is 1.67. The first-order chi connectivity index (χ1) is 16.4. The smallest absolute Gasteiger partial charge is 0.341 e. The molecule has 0 radical (unpaired) electrons. The number of thiazole rings is 1. The van der Waals surface area contributed by atoms with Gasteiger partial charge in [0.1, 0.15) is 16.4 Å². The van der Waals surface area contributed by atoms with Gasteiger partial charge in [0.25, 0.3) is 5.91 Å². The molecule has 5 N–H and O–H groups in total. The summed E-state index contributed by atoms with van der Waals surface area (Å²) in [5.41, 5.74) is 6.38. The second-order valence-electron chi connectivity index (χ2n) is 7.48. The first kappa shape index (κ1) is 22.9. The van der Waals surface area contributed by atoms with E-state index in [1.54, 1.807) is 59.3 Å². The van der Waals surface area contributed by atoms with Crippen LogP contribution in [0, 0.1) is 5.41 Å². The van der Waals surface area contributed by atoms with Crippen LogP contribution in [-0.2, 0) is 13.0 Å². The largest absolute Gasteiger partial charge is 0.477 e. The number of amides is 1. The molecule has 4 rings (SSSR count). The van der Waals surface area contributed by atoms with Crippen LogP contribution in [0.15, 0.2) is 64.9 Å². The number of fused-ring (bicyclic) bond motifs is 1. The number of aromatic nitrogens is 2. The van der Waals surface area contributed by atoms with Crippen molar-refractivity contribution in [2.45, 2.75) is 13.0 Å². The summed E-state index contributed by atoms with van der Waals surface area (Å²) in [4.78, 5) is 42.0. The van der Waals surface area contributed by atoms with Gasteiger partial charge in [-0.3, -0.25) is 15.0 Å². The van der Waals surface area contributed by atoms with Gasteiger partial charge in [-0.05, 0) is 24.3 Å². The Morgan fingerprint density at radius 3 is 2.47 bits per heavy atom. The highest BCUT2D eigenvalue weighted by Crippen LogP contribution is 2.20. The summed E-state index contributed by atoms with van der Waals surface area (Å²) in [5.74, 6) is -1.77. The van der Waals surface area contributed by atoms with Crippen molar-refractivity contribution < 1.29 is 14.7 Å². The molecule has 0 unspecified atom stereocenters. The number of carbonyl (C=O) groups excluding carboxylic acids is 1. The van der Waals surface area contributed by atoms with Crippen molar-refractivity contribution in [1.82, 2.24) is 14.9 Å². The van der Waals surface area contributed by atoms with E-state index in [0.717, 1.165) is 5.01 Å². The summed E-state index contributed by atoms with van der Waals surface area (Å²) in [5, 5.41) is 23.0. The third kappa shape index (κ3) is 4.57. The van der Waals surface area contributed by atoms with E-state index in [4.69, 9.17) is 11.1 Å². The molecule has 4 aromatic rings. The Kier molecular flexibility index (Phi) is 6.51. The molecule has 0 saturated heterocycles. The Bertz CT molecular complexity index is 1440. The van der Waals surface area contributed by atoms with Crippen molar-refractivity contribution in [3.8, 4) is 0 Å². The van der Waals surface area contributed by atoms with Gasteiger partial charge in [-0.25, -0.2) is 9.78 Å². The fourth-order valence-electron chi connectivity index (χ4n) is 3.77. The number of benzene rings is 2. The molecular formula is C24H21N5O4S. The molecule has 0 saturated carbocycles. The predicted molar refractivity (Wildman–Crippen MR) is 130 cm³/mol. The molecule has 2 aromatic carbocycles. The first-order valence-electron chi connectivity index (χ1n) is 10.4.